The molecule has 1 heterocycles. The minimum absolute atomic E-state index is 0.0687. The molecule has 2 unspecified atom stereocenters. The van der Waals surface area contributed by atoms with Gasteiger partial charge in [-0.05, 0) is 48.4 Å². The number of nitrogens with one attached hydrogen (secondary N) is 2. The van der Waals surface area contributed by atoms with Gasteiger partial charge in [-0.25, -0.2) is 4.98 Å². The van der Waals surface area contributed by atoms with E-state index in [0.29, 0.717) is 5.56 Å². The third-order valence-electron chi connectivity index (χ3n) is 5.55. The number of carbonyl (C=O) groups excluding carboxylic acids is 1. The summed E-state index contributed by atoms with van der Waals surface area (Å²) in [5.41, 5.74) is 1.10. The predicted octanol–water partition coefficient (Wildman–Crippen LogP) is 6.58. The van der Waals surface area contributed by atoms with Crippen LogP contribution in [0.3, 0.4) is 0 Å². The number of carbonyl (C=O) groups is 1. The number of nitrogens with zero attached hydrogens (tertiary/aromatic N) is 2. The van der Waals surface area contributed by atoms with Gasteiger partial charge in [0.05, 0.1) is 17.6 Å². The minimum Gasteiger partial charge on any atom is -0.324 e. The van der Waals surface area contributed by atoms with E-state index in [-0.39, 0.29) is 16.8 Å². The van der Waals surface area contributed by atoms with Crippen LogP contribution in [-0.2, 0) is 11.0 Å². The molecule has 9 heteroatoms. The van der Waals surface area contributed by atoms with Gasteiger partial charge in [0.25, 0.3) is 0 Å². The monoisotopic (exact) mass is 498 g/mol. The second kappa shape index (κ2) is 10.3. The predicted molar refractivity (Wildman–Crippen MR) is 129 cm³/mol. The molecule has 0 aliphatic rings. The summed E-state index contributed by atoms with van der Waals surface area (Å²) in [6.07, 6.45) is 0.538. The Labute approximate surface area is 205 Å². The number of rotatable bonds is 7. The number of aromatic nitrogens is 2. The smallest absolute Gasteiger partial charge is 0.324 e. The zero-order chi connectivity index (χ0) is 25.0. The Morgan fingerprint density at radius 2 is 1.71 bits per heavy atom. The lowest BCUT2D eigenvalue weighted by atomic mass is 10.0. The maximum absolute atomic E-state index is 13.5. The van der Waals surface area contributed by atoms with Crippen LogP contribution in [0.1, 0.15) is 35.7 Å². The molecule has 2 N–H and O–H groups in total. The summed E-state index contributed by atoms with van der Waals surface area (Å²) in [5.74, 6) is -0.620. The molecule has 2 atom stereocenters. The van der Waals surface area contributed by atoms with Crippen LogP contribution in [0.5, 0.6) is 0 Å². The molecule has 5 nitrogen and oxygen atoms in total. The van der Waals surface area contributed by atoms with Gasteiger partial charge in [-0.1, -0.05) is 54.1 Å². The van der Waals surface area contributed by atoms with Gasteiger partial charge in [0, 0.05) is 29.1 Å². The van der Waals surface area contributed by atoms with Crippen molar-refractivity contribution in [1.29, 1.82) is 0 Å². The Kier molecular flexibility index (Phi) is 7.23. The Bertz CT molecular complexity index is 1280. The molecule has 0 saturated heterocycles. The Balaban J connectivity index is 1.58. The van der Waals surface area contributed by atoms with Crippen LogP contribution < -0.4 is 10.6 Å². The van der Waals surface area contributed by atoms with Gasteiger partial charge < -0.3 is 9.88 Å². The first-order valence-electron chi connectivity index (χ1n) is 10.8. The van der Waals surface area contributed by atoms with Crippen molar-refractivity contribution in [2.24, 2.45) is 0 Å². The highest BCUT2D eigenvalue weighted by Crippen LogP contribution is 2.37. The van der Waals surface area contributed by atoms with Gasteiger partial charge in [0.2, 0.25) is 5.91 Å². The quantitative estimate of drug-likeness (QED) is 0.303. The zero-order valence-electron chi connectivity index (χ0n) is 18.6. The maximum atomic E-state index is 13.5. The molecule has 3 aromatic carbocycles. The molecule has 180 valence electrons. The summed E-state index contributed by atoms with van der Waals surface area (Å²) in [4.78, 5) is 17.3. The number of imidazole rings is 1. The fourth-order valence-corrected chi connectivity index (χ4v) is 3.90. The summed E-state index contributed by atoms with van der Waals surface area (Å²) in [6, 6.07) is 18.6. The van der Waals surface area contributed by atoms with Crippen molar-refractivity contribution in [3.8, 4) is 5.69 Å². The standard InChI is InChI=1S/C26H22ClF3N4O/c1-17(18-7-10-21(11-8-18)34-14-13-31-16-34)32-24(19-5-3-2-4-6-19)25(35)33-23-12-9-20(27)15-22(23)26(28,29)30/h2-17,24,32H,1H3,(H,33,35). The molecule has 0 saturated carbocycles. The topological polar surface area (TPSA) is 59.0 Å². The number of hydrogen-bond acceptors (Lipinski definition) is 3. The molecule has 35 heavy (non-hydrogen) atoms. The summed E-state index contributed by atoms with van der Waals surface area (Å²) in [7, 11) is 0. The summed E-state index contributed by atoms with van der Waals surface area (Å²) in [6.45, 7) is 1.89. The van der Waals surface area contributed by atoms with Crippen LogP contribution >= 0.6 is 11.6 Å². The van der Waals surface area contributed by atoms with E-state index in [4.69, 9.17) is 11.6 Å². The SMILES string of the molecule is CC(NC(C(=O)Nc1ccc(Cl)cc1C(F)(F)F)c1ccccc1)c1ccc(-n2ccnc2)cc1. The maximum Gasteiger partial charge on any atom is 0.418 e. The lowest BCUT2D eigenvalue weighted by molar-refractivity contribution is -0.137. The average Bonchev–Trinajstić information content (AvgIpc) is 3.38. The molecule has 0 spiro atoms. The fourth-order valence-electron chi connectivity index (χ4n) is 3.73. The van der Waals surface area contributed by atoms with Crippen molar-refractivity contribution in [2.75, 3.05) is 5.32 Å². The van der Waals surface area contributed by atoms with Crippen LogP contribution in [0, 0.1) is 0 Å². The van der Waals surface area contributed by atoms with Gasteiger partial charge in [-0.2, -0.15) is 13.2 Å². The van der Waals surface area contributed by atoms with Gasteiger partial charge in [-0.3, -0.25) is 10.1 Å². The van der Waals surface area contributed by atoms with Crippen molar-refractivity contribution in [3.63, 3.8) is 0 Å². The van der Waals surface area contributed by atoms with E-state index in [0.717, 1.165) is 23.4 Å². The van der Waals surface area contributed by atoms with Crippen molar-refractivity contribution in [3.05, 3.63) is 113 Å². The highest BCUT2D eigenvalue weighted by atomic mass is 35.5. The summed E-state index contributed by atoms with van der Waals surface area (Å²) >= 11 is 5.77. The van der Waals surface area contributed by atoms with Crippen LogP contribution in [0.4, 0.5) is 18.9 Å². The number of hydrogen-bond donors (Lipinski definition) is 2. The number of halogens is 4. The molecule has 0 radical (unpaired) electrons. The Morgan fingerprint density at radius 3 is 2.34 bits per heavy atom. The van der Waals surface area contributed by atoms with Gasteiger partial charge in [0.15, 0.2) is 0 Å². The second-order valence-electron chi connectivity index (χ2n) is 7.97. The Morgan fingerprint density at radius 1 is 1.00 bits per heavy atom. The fraction of sp³-hybridized carbons (Fsp3) is 0.154. The van der Waals surface area contributed by atoms with E-state index in [1.54, 1.807) is 42.9 Å². The summed E-state index contributed by atoms with van der Waals surface area (Å²) < 4.78 is 42.5. The number of anilines is 1. The van der Waals surface area contributed by atoms with Gasteiger partial charge in [-0.15, -0.1) is 0 Å². The van der Waals surface area contributed by atoms with Crippen molar-refractivity contribution in [2.45, 2.75) is 25.2 Å². The van der Waals surface area contributed by atoms with E-state index in [1.807, 2.05) is 42.0 Å². The van der Waals surface area contributed by atoms with Crippen LogP contribution in [-0.4, -0.2) is 15.5 Å². The minimum atomic E-state index is -4.67. The number of alkyl halides is 3. The molecule has 1 aromatic heterocycles. The van der Waals surface area contributed by atoms with E-state index < -0.39 is 23.7 Å². The zero-order valence-corrected chi connectivity index (χ0v) is 19.4. The lowest BCUT2D eigenvalue weighted by Crippen LogP contribution is -2.35. The molecule has 0 aliphatic heterocycles. The highest BCUT2D eigenvalue weighted by molar-refractivity contribution is 6.30. The third kappa shape index (κ3) is 5.90. The van der Waals surface area contributed by atoms with Crippen LogP contribution in [0.15, 0.2) is 91.5 Å². The Hall–Kier alpha value is -3.62. The molecule has 1 amide bonds. The van der Waals surface area contributed by atoms with E-state index in [1.165, 1.54) is 6.07 Å². The van der Waals surface area contributed by atoms with Crippen molar-refractivity contribution in [1.82, 2.24) is 14.9 Å². The van der Waals surface area contributed by atoms with Crippen molar-refractivity contribution < 1.29 is 18.0 Å². The number of amides is 1. The molecular weight excluding hydrogens is 477 g/mol. The molecule has 4 aromatic rings. The second-order valence-corrected chi connectivity index (χ2v) is 8.41. The highest BCUT2D eigenvalue weighted by Gasteiger charge is 2.35. The van der Waals surface area contributed by atoms with Crippen LogP contribution in [0.25, 0.3) is 5.69 Å². The lowest BCUT2D eigenvalue weighted by Gasteiger charge is -2.24. The first kappa shape index (κ1) is 24.5. The molecular formula is C26H22ClF3N4O. The molecule has 0 bridgehead atoms. The first-order valence-corrected chi connectivity index (χ1v) is 11.2. The first-order chi connectivity index (χ1) is 16.7. The van der Waals surface area contributed by atoms with Gasteiger partial charge in [0.1, 0.15) is 6.04 Å². The normalized spacial score (nSPS) is 13.3. The van der Waals surface area contributed by atoms with E-state index >= 15 is 0 Å². The summed E-state index contributed by atoms with van der Waals surface area (Å²) in [5, 5.41) is 5.62. The third-order valence-corrected chi connectivity index (χ3v) is 5.79. The molecule has 4 rings (SSSR count). The van der Waals surface area contributed by atoms with E-state index in [2.05, 4.69) is 15.6 Å². The molecule has 0 fully saturated rings. The van der Waals surface area contributed by atoms with E-state index in [9.17, 15) is 18.0 Å². The van der Waals surface area contributed by atoms with Gasteiger partial charge >= 0.3 is 6.18 Å². The van der Waals surface area contributed by atoms with Crippen molar-refractivity contribution >= 4 is 23.2 Å². The largest absolute Gasteiger partial charge is 0.418 e. The molecule has 0 aliphatic carbocycles. The average molecular weight is 499 g/mol. The van der Waals surface area contributed by atoms with Crippen LogP contribution in [0.2, 0.25) is 5.02 Å². The number of benzene rings is 3.